The highest BCUT2D eigenvalue weighted by atomic mass is 35.5. The second-order valence-corrected chi connectivity index (χ2v) is 6.20. The Kier molecular flexibility index (Phi) is 5.19. The van der Waals surface area contributed by atoms with Crippen LogP contribution in [-0.4, -0.2) is 27.0 Å². The van der Waals surface area contributed by atoms with Gasteiger partial charge in [-0.15, -0.1) is 0 Å². The van der Waals surface area contributed by atoms with Gasteiger partial charge in [-0.05, 0) is 43.5 Å². The smallest absolute Gasteiger partial charge is 0.252 e. The highest BCUT2D eigenvalue weighted by molar-refractivity contribution is 6.30. The first kappa shape index (κ1) is 17.2. The largest absolute Gasteiger partial charge is 0.369 e. The van der Waals surface area contributed by atoms with Crippen molar-refractivity contribution < 1.29 is 4.79 Å². The predicted molar refractivity (Wildman–Crippen MR) is 99.7 cm³/mol. The van der Waals surface area contributed by atoms with Crippen molar-refractivity contribution >= 4 is 34.6 Å². The van der Waals surface area contributed by atoms with E-state index in [4.69, 9.17) is 17.3 Å². The van der Waals surface area contributed by atoms with E-state index in [0.29, 0.717) is 35.8 Å². The van der Waals surface area contributed by atoms with E-state index in [0.717, 1.165) is 17.9 Å². The molecule has 3 rings (SSSR count). The number of nitrogens with two attached hydrogens (primary N) is 1. The molecule has 25 heavy (non-hydrogen) atoms. The zero-order valence-corrected chi connectivity index (χ0v) is 14.8. The van der Waals surface area contributed by atoms with Crippen LogP contribution in [0.15, 0.2) is 36.5 Å². The van der Waals surface area contributed by atoms with E-state index in [2.05, 4.69) is 15.3 Å². The quantitative estimate of drug-likeness (QED) is 0.664. The van der Waals surface area contributed by atoms with Crippen LogP contribution < -0.4 is 11.1 Å². The van der Waals surface area contributed by atoms with Gasteiger partial charge in [0.2, 0.25) is 5.95 Å². The Balaban J connectivity index is 1.57. The molecule has 1 amide bonds. The number of hydrogen-bond donors (Lipinski definition) is 2. The molecule has 0 saturated heterocycles. The van der Waals surface area contributed by atoms with Gasteiger partial charge in [-0.1, -0.05) is 23.7 Å². The third-order valence-corrected chi connectivity index (χ3v) is 4.29. The Labute approximate surface area is 151 Å². The average molecular weight is 358 g/mol. The summed E-state index contributed by atoms with van der Waals surface area (Å²) in [6, 6.07) is 9.46. The maximum atomic E-state index is 12.3. The highest BCUT2D eigenvalue weighted by Crippen LogP contribution is 2.16. The summed E-state index contributed by atoms with van der Waals surface area (Å²) in [7, 11) is 0. The molecule has 7 heteroatoms. The third kappa shape index (κ3) is 3.91. The van der Waals surface area contributed by atoms with E-state index < -0.39 is 0 Å². The van der Waals surface area contributed by atoms with E-state index in [9.17, 15) is 4.79 Å². The molecule has 2 aromatic heterocycles. The monoisotopic (exact) mass is 357 g/mol. The van der Waals surface area contributed by atoms with E-state index >= 15 is 0 Å². The number of nitrogen functional groups attached to an aromatic ring is 1. The molecule has 0 atom stereocenters. The summed E-state index contributed by atoms with van der Waals surface area (Å²) >= 11 is 5.87. The molecular weight excluding hydrogens is 338 g/mol. The first-order valence-corrected chi connectivity index (χ1v) is 8.60. The van der Waals surface area contributed by atoms with Crippen molar-refractivity contribution in [3.05, 3.63) is 52.7 Å². The number of rotatable bonds is 6. The lowest BCUT2D eigenvalue weighted by Gasteiger charge is -2.06. The lowest BCUT2D eigenvalue weighted by atomic mass is 10.1. The number of carbonyl (C=O) groups is 1. The van der Waals surface area contributed by atoms with Gasteiger partial charge in [0.05, 0.1) is 5.56 Å². The minimum absolute atomic E-state index is 0.157. The van der Waals surface area contributed by atoms with Crippen LogP contribution in [0.25, 0.3) is 11.2 Å². The molecule has 0 saturated carbocycles. The maximum absolute atomic E-state index is 12.3. The Morgan fingerprint density at radius 2 is 2.08 bits per heavy atom. The number of aromatic nitrogens is 3. The van der Waals surface area contributed by atoms with Crippen LogP contribution >= 0.6 is 11.6 Å². The number of fused-ring (bicyclic) bond motifs is 1. The molecule has 0 radical (unpaired) electrons. The summed E-state index contributed by atoms with van der Waals surface area (Å²) in [6.07, 6.45) is 3.29. The van der Waals surface area contributed by atoms with Crippen molar-refractivity contribution in [2.24, 2.45) is 0 Å². The Morgan fingerprint density at radius 1 is 1.32 bits per heavy atom. The number of carbonyl (C=O) groups excluding carboxylic acids is 1. The summed E-state index contributed by atoms with van der Waals surface area (Å²) in [6.45, 7) is 3.25. The second-order valence-electron chi connectivity index (χ2n) is 5.77. The molecule has 3 N–H and O–H groups in total. The number of aryl methyl sites for hydroxylation is 2. The molecule has 130 valence electrons. The summed E-state index contributed by atoms with van der Waals surface area (Å²) in [5.74, 6) is 0.251. The SMILES string of the molecule is CCn1c(N)nc2cc(C(=O)NCCCc3ccc(Cl)cc3)cnc21. The molecule has 0 spiro atoms. The van der Waals surface area contributed by atoms with Crippen molar-refractivity contribution in [2.45, 2.75) is 26.3 Å². The number of imidazole rings is 1. The second kappa shape index (κ2) is 7.53. The average Bonchev–Trinajstić information content (AvgIpc) is 2.94. The number of pyridine rings is 1. The molecule has 1 aromatic carbocycles. The van der Waals surface area contributed by atoms with Gasteiger partial charge in [0, 0.05) is 24.3 Å². The van der Waals surface area contributed by atoms with Crippen LogP contribution in [-0.2, 0) is 13.0 Å². The van der Waals surface area contributed by atoms with Gasteiger partial charge in [0.15, 0.2) is 5.65 Å². The van der Waals surface area contributed by atoms with Gasteiger partial charge < -0.3 is 11.1 Å². The fourth-order valence-corrected chi connectivity index (χ4v) is 2.84. The summed E-state index contributed by atoms with van der Waals surface area (Å²) in [5, 5.41) is 3.64. The van der Waals surface area contributed by atoms with Crippen LogP contribution in [0.5, 0.6) is 0 Å². The zero-order valence-electron chi connectivity index (χ0n) is 14.0. The minimum Gasteiger partial charge on any atom is -0.369 e. The molecule has 2 heterocycles. The molecular formula is C18H20ClN5O. The normalized spacial score (nSPS) is 11.0. The van der Waals surface area contributed by atoms with Crippen LogP contribution in [0.3, 0.4) is 0 Å². The summed E-state index contributed by atoms with van der Waals surface area (Å²) < 4.78 is 1.81. The first-order chi connectivity index (χ1) is 12.1. The molecule has 0 aliphatic rings. The number of benzene rings is 1. The van der Waals surface area contributed by atoms with Gasteiger partial charge in [0.1, 0.15) is 5.52 Å². The number of nitrogens with zero attached hydrogens (tertiary/aromatic N) is 3. The lowest BCUT2D eigenvalue weighted by molar-refractivity contribution is 0.0953. The highest BCUT2D eigenvalue weighted by Gasteiger charge is 2.12. The number of anilines is 1. The topological polar surface area (TPSA) is 85.8 Å². The van der Waals surface area contributed by atoms with Crippen LogP contribution in [0.4, 0.5) is 5.95 Å². The van der Waals surface area contributed by atoms with Gasteiger partial charge in [-0.25, -0.2) is 9.97 Å². The van der Waals surface area contributed by atoms with Crippen molar-refractivity contribution in [3.8, 4) is 0 Å². The molecule has 0 aliphatic heterocycles. The molecule has 0 fully saturated rings. The Hall–Kier alpha value is -2.60. The van der Waals surface area contributed by atoms with Crippen molar-refractivity contribution in [2.75, 3.05) is 12.3 Å². The first-order valence-electron chi connectivity index (χ1n) is 8.23. The molecule has 0 aliphatic carbocycles. The standard InChI is InChI=1S/C18H20ClN5O/c1-2-24-16-15(23-18(24)20)10-13(11-22-16)17(25)21-9-3-4-12-5-7-14(19)8-6-12/h5-8,10-11H,2-4,9H2,1H3,(H2,20,23)(H,21,25). The third-order valence-electron chi connectivity index (χ3n) is 4.03. The van der Waals surface area contributed by atoms with Crippen molar-refractivity contribution in [1.82, 2.24) is 19.9 Å². The molecule has 6 nitrogen and oxygen atoms in total. The van der Waals surface area contributed by atoms with Gasteiger partial charge >= 0.3 is 0 Å². The van der Waals surface area contributed by atoms with Crippen LogP contribution in [0.1, 0.15) is 29.3 Å². The fourth-order valence-electron chi connectivity index (χ4n) is 2.71. The molecule has 0 bridgehead atoms. The van der Waals surface area contributed by atoms with Crippen molar-refractivity contribution in [3.63, 3.8) is 0 Å². The minimum atomic E-state index is -0.157. The van der Waals surface area contributed by atoms with E-state index in [1.54, 1.807) is 12.3 Å². The molecule has 3 aromatic rings. The van der Waals surface area contributed by atoms with Gasteiger partial charge in [-0.2, -0.15) is 0 Å². The number of hydrogen-bond acceptors (Lipinski definition) is 4. The van der Waals surface area contributed by atoms with Gasteiger partial charge in [-0.3, -0.25) is 9.36 Å². The maximum Gasteiger partial charge on any atom is 0.252 e. The predicted octanol–water partition coefficient (Wildman–Crippen LogP) is 3.05. The molecule has 0 unspecified atom stereocenters. The van der Waals surface area contributed by atoms with Crippen LogP contribution in [0, 0.1) is 0 Å². The zero-order chi connectivity index (χ0) is 17.8. The summed E-state index contributed by atoms with van der Waals surface area (Å²) in [5.41, 5.74) is 8.86. The summed E-state index contributed by atoms with van der Waals surface area (Å²) in [4.78, 5) is 20.9. The van der Waals surface area contributed by atoms with E-state index in [1.165, 1.54) is 5.56 Å². The number of halogens is 1. The van der Waals surface area contributed by atoms with E-state index in [-0.39, 0.29) is 5.91 Å². The number of amides is 1. The van der Waals surface area contributed by atoms with Crippen LogP contribution in [0.2, 0.25) is 5.02 Å². The lowest BCUT2D eigenvalue weighted by Crippen LogP contribution is -2.24. The van der Waals surface area contributed by atoms with Crippen molar-refractivity contribution in [1.29, 1.82) is 0 Å². The van der Waals surface area contributed by atoms with E-state index in [1.807, 2.05) is 35.8 Å². The Morgan fingerprint density at radius 3 is 2.80 bits per heavy atom. The van der Waals surface area contributed by atoms with Gasteiger partial charge in [0.25, 0.3) is 5.91 Å². The fraction of sp³-hybridized carbons (Fsp3) is 0.278. The Bertz CT molecular complexity index is 888. The number of nitrogens with one attached hydrogen (secondary N) is 1.